The molecule has 88 valence electrons. The molecule has 1 aliphatic carbocycles. The molecule has 0 heterocycles. The molecule has 1 fully saturated rings. The lowest BCUT2D eigenvalue weighted by Gasteiger charge is -2.26. The molecule has 0 atom stereocenters. The van der Waals surface area contributed by atoms with Gasteiger partial charge in [0.2, 0.25) is 0 Å². The normalized spacial score (nSPS) is 25.6. The van der Waals surface area contributed by atoms with Gasteiger partial charge in [-0.3, -0.25) is 0 Å². The summed E-state index contributed by atoms with van der Waals surface area (Å²) in [6.45, 7) is 4.54. The van der Waals surface area contributed by atoms with Crippen molar-refractivity contribution in [3.63, 3.8) is 0 Å². The second-order valence-corrected chi connectivity index (χ2v) is 6.37. The lowest BCUT2D eigenvalue weighted by Crippen LogP contribution is -2.14. The first-order chi connectivity index (χ1) is 7.65. The van der Waals surface area contributed by atoms with Gasteiger partial charge < -0.3 is 5.73 Å². The van der Waals surface area contributed by atoms with Crippen LogP contribution < -0.4 is 5.73 Å². The van der Waals surface area contributed by atoms with E-state index in [1.54, 1.807) is 0 Å². The fourth-order valence-corrected chi connectivity index (χ4v) is 3.60. The highest BCUT2D eigenvalue weighted by molar-refractivity contribution is 8.00. The zero-order chi connectivity index (χ0) is 11.5. The Morgan fingerprint density at radius 3 is 2.56 bits per heavy atom. The number of hydrogen-bond donors (Lipinski definition) is 1. The first kappa shape index (κ1) is 11.8. The van der Waals surface area contributed by atoms with E-state index in [0.717, 1.165) is 16.9 Å². The maximum atomic E-state index is 5.84. The van der Waals surface area contributed by atoms with E-state index in [-0.39, 0.29) is 0 Å². The van der Waals surface area contributed by atoms with Gasteiger partial charge in [0.1, 0.15) is 0 Å². The molecule has 1 nitrogen and oxygen atoms in total. The van der Waals surface area contributed by atoms with Gasteiger partial charge in [0.25, 0.3) is 0 Å². The maximum Gasteiger partial charge on any atom is 0.0325 e. The zero-order valence-corrected chi connectivity index (χ0v) is 11.0. The number of nitrogen functional groups attached to an aromatic ring is 1. The number of thioether (sulfide) groups is 1. The van der Waals surface area contributed by atoms with E-state index in [2.05, 4.69) is 26.0 Å². The molecule has 1 aliphatic rings. The molecule has 1 aromatic carbocycles. The smallest absolute Gasteiger partial charge is 0.0325 e. The summed E-state index contributed by atoms with van der Waals surface area (Å²) in [5.74, 6) is 0.929. The van der Waals surface area contributed by atoms with Crippen molar-refractivity contribution >= 4 is 17.4 Å². The van der Waals surface area contributed by atoms with Crippen LogP contribution in [0.5, 0.6) is 0 Å². The monoisotopic (exact) mass is 235 g/mol. The quantitative estimate of drug-likeness (QED) is 0.776. The summed E-state index contributed by atoms with van der Waals surface area (Å²) in [5.41, 5.74) is 8.09. The van der Waals surface area contributed by atoms with E-state index >= 15 is 0 Å². The van der Waals surface area contributed by atoms with Crippen LogP contribution in [-0.4, -0.2) is 5.25 Å². The van der Waals surface area contributed by atoms with Gasteiger partial charge in [-0.15, -0.1) is 11.8 Å². The van der Waals surface area contributed by atoms with Crippen LogP contribution in [0.1, 0.15) is 38.2 Å². The highest BCUT2D eigenvalue weighted by Crippen LogP contribution is 2.37. The van der Waals surface area contributed by atoms with Crippen molar-refractivity contribution in [3.8, 4) is 0 Å². The molecule has 2 heteroatoms. The number of hydrogen-bond acceptors (Lipinski definition) is 2. The van der Waals surface area contributed by atoms with Crippen molar-refractivity contribution in [2.24, 2.45) is 5.92 Å². The molecule has 0 spiro atoms. The minimum absolute atomic E-state index is 0.802. The predicted molar refractivity (Wildman–Crippen MR) is 72.9 cm³/mol. The fraction of sp³-hybridized carbons (Fsp3) is 0.571. The topological polar surface area (TPSA) is 26.0 Å². The van der Waals surface area contributed by atoms with Crippen molar-refractivity contribution < 1.29 is 0 Å². The summed E-state index contributed by atoms with van der Waals surface area (Å²) in [5, 5.41) is 0.802. The van der Waals surface area contributed by atoms with Gasteiger partial charge in [0.05, 0.1) is 0 Å². The van der Waals surface area contributed by atoms with Crippen molar-refractivity contribution in [2.45, 2.75) is 49.7 Å². The van der Waals surface area contributed by atoms with Gasteiger partial charge in [-0.1, -0.05) is 13.0 Å². The predicted octanol–water partition coefficient (Wildman–Crippen LogP) is 4.25. The summed E-state index contributed by atoms with van der Waals surface area (Å²) >= 11 is 2.03. The van der Waals surface area contributed by atoms with E-state index in [4.69, 9.17) is 5.73 Å². The zero-order valence-electron chi connectivity index (χ0n) is 10.2. The number of rotatable bonds is 2. The summed E-state index contributed by atoms with van der Waals surface area (Å²) in [6.07, 6.45) is 5.50. The summed E-state index contributed by atoms with van der Waals surface area (Å²) in [6, 6.07) is 6.24. The molecule has 2 rings (SSSR count). The minimum Gasteiger partial charge on any atom is -0.399 e. The molecule has 2 N–H and O–H groups in total. The van der Waals surface area contributed by atoms with Crippen molar-refractivity contribution in [1.29, 1.82) is 0 Å². The highest BCUT2D eigenvalue weighted by Gasteiger charge is 2.19. The van der Waals surface area contributed by atoms with Gasteiger partial charge in [-0.2, -0.15) is 0 Å². The summed E-state index contributed by atoms with van der Waals surface area (Å²) in [4.78, 5) is 1.37. The van der Waals surface area contributed by atoms with Crippen LogP contribution in [0.4, 0.5) is 5.69 Å². The molecule has 0 bridgehead atoms. The molecule has 1 saturated carbocycles. The molecule has 0 unspecified atom stereocenters. The molecule has 0 aromatic heterocycles. The standard InChI is InChI=1S/C14H21NS/c1-10-3-7-13(8-4-10)16-14-9-12(15)6-5-11(14)2/h5-6,9-10,13H,3-4,7-8,15H2,1-2H3. The molecule has 16 heavy (non-hydrogen) atoms. The van der Waals surface area contributed by atoms with Crippen LogP contribution in [-0.2, 0) is 0 Å². The van der Waals surface area contributed by atoms with Crippen LogP contribution in [0.25, 0.3) is 0 Å². The largest absolute Gasteiger partial charge is 0.399 e. The van der Waals surface area contributed by atoms with Gasteiger partial charge in [-0.25, -0.2) is 0 Å². The lowest BCUT2D eigenvalue weighted by atomic mass is 9.91. The Balaban J connectivity index is 2.00. The molecular weight excluding hydrogens is 214 g/mol. The Morgan fingerprint density at radius 2 is 1.88 bits per heavy atom. The second-order valence-electron chi connectivity index (χ2n) is 5.02. The van der Waals surface area contributed by atoms with E-state index in [1.807, 2.05) is 17.8 Å². The number of nitrogens with two attached hydrogens (primary N) is 1. The third-order valence-electron chi connectivity index (χ3n) is 3.47. The average molecular weight is 235 g/mol. The van der Waals surface area contributed by atoms with Crippen molar-refractivity contribution in [1.82, 2.24) is 0 Å². The Hall–Kier alpha value is -0.630. The van der Waals surface area contributed by atoms with E-state index in [0.29, 0.717) is 0 Å². The Morgan fingerprint density at radius 1 is 1.19 bits per heavy atom. The van der Waals surface area contributed by atoms with Gasteiger partial charge in [0, 0.05) is 15.8 Å². The Kier molecular flexibility index (Phi) is 3.80. The fourth-order valence-electron chi connectivity index (χ4n) is 2.27. The van der Waals surface area contributed by atoms with Crippen LogP contribution in [0, 0.1) is 12.8 Å². The van der Waals surface area contributed by atoms with Crippen LogP contribution >= 0.6 is 11.8 Å². The van der Waals surface area contributed by atoms with Crippen LogP contribution in [0.3, 0.4) is 0 Å². The molecule has 0 radical (unpaired) electrons. The SMILES string of the molecule is Cc1ccc(N)cc1SC1CCC(C)CC1. The van der Waals surface area contributed by atoms with E-state index < -0.39 is 0 Å². The number of benzene rings is 1. The molecule has 0 saturated heterocycles. The van der Waals surface area contributed by atoms with Crippen molar-refractivity contribution in [3.05, 3.63) is 23.8 Å². The molecule has 0 amide bonds. The van der Waals surface area contributed by atoms with Crippen molar-refractivity contribution in [2.75, 3.05) is 5.73 Å². The van der Waals surface area contributed by atoms with E-state index in [1.165, 1.54) is 36.1 Å². The van der Waals surface area contributed by atoms with Crippen LogP contribution in [0.2, 0.25) is 0 Å². The summed E-state index contributed by atoms with van der Waals surface area (Å²) < 4.78 is 0. The first-order valence-corrected chi connectivity index (χ1v) is 7.06. The Bertz CT molecular complexity index is 354. The third-order valence-corrected chi connectivity index (χ3v) is 4.97. The van der Waals surface area contributed by atoms with Gasteiger partial charge in [0.15, 0.2) is 0 Å². The Labute approximate surface area is 103 Å². The molecule has 0 aliphatic heterocycles. The third kappa shape index (κ3) is 2.94. The minimum atomic E-state index is 0.802. The van der Waals surface area contributed by atoms with Crippen LogP contribution in [0.15, 0.2) is 23.1 Å². The first-order valence-electron chi connectivity index (χ1n) is 6.18. The lowest BCUT2D eigenvalue weighted by molar-refractivity contribution is 0.393. The molecular formula is C14H21NS. The maximum absolute atomic E-state index is 5.84. The van der Waals surface area contributed by atoms with E-state index in [9.17, 15) is 0 Å². The number of anilines is 1. The summed E-state index contributed by atoms with van der Waals surface area (Å²) in [7, 11) is 0. The second kappa shape index (κ2) is 5.13. The highest BCUT2D eigenvalue weighted by atomic mass is 32.2. The number of aryl methyl sites for hydroxylation is 1. The molecule has 1 aromatic rings. The van der Waals surface area contributed by atoms with Gasteiger partial charge >= 0.3 is 0 Å². The van der Waals surface area contributed by atoms with Gasteiger partial charge in [-0.05, 0) is 56.2 Å². The average Bonchev–Trinajstić information content (AvgIpc) is 2.27.